The molecule has 0 bridgehead atoms. The molecule has 3 aromatic heterocycles. The number of thiophene rings is 1. The fourth-order valence-electron chi connectivity index (χ4n) is 2.57. The summed E-state index contributed by atoms with van der Waals surface area (Å²) in [6.45, 7) is 1.84. The number of carbonyl (C=O) groups excluding carboxylic acids is 1. The number of rotatable bonds is 3. The molecule has 0 unspecified atom stereocenters. The van der Waals surface area contributed by atoms with E-state index in [0.29, 0.717) is 42.5 Å². The second kappa shape index (κ2) is 6.64. The van der Waals surface area contributed by atoms with E-state index < -0.39 is 0 Å². The van der Waals surface area contributed by atoms with E-state index in [1.54, 1.807) is 17.6 Å². The highest BCUT2D eigenvalue weighted by Gasteiger charge is 2.21. The number of thiazole rings is 1. The summed E-state index contributed by atoms with van der Waals surface area (Å²) in [6.07, 6.45) is 1.63. The molecule has 26 heavy (non-hydrogen) atoms. The first-order valence-corrected chi connectivity index (χ1v) is 9.64. The fourth-order valence-corrected chi connectivity index (χ4v) is 4.35. The number of nitrogen functional groups attached to an aromatic ring is 1. The highest BCUT2D eigenvalue weighted by Crippen LogP contribution is 2.36. The van der Waals surface area contributed by atoms with Crippen LogP contribution in [0.1, 0.15) is 15.4 Å². The van der Waals surface area contributed by atoms with Gasteiger partial charge in [-0.2, -0.15) is 0 Å². The van der Waals surface area contributed by atoms with Gasteiger partial charge in [0.15, 0.2) is 11.0 Å². The zero-order valence-electron chi connectivity index (χ0n) is 13.5. The molecular weight excluding hydrogens is 390 g/mol. The highest BCUT2D eigenvalue weighted by molar-refractivity contribution is 7.21. The van der Waals surface area contributed by atoms with Gasteiger partial charge in [0, 0.05) is 17.1 Å². The van der Waals surface area contributed by atoms with Gasteiger partial charge >= 0.3 is 0 Å². The van der Waals surface area contributed by atoms with E-state index in [9.17, 15) is 4.79 Å². The van der Waals surface area contributed by atoms with Gasteiger partial charge in [-0.3, -0.25) is 10.1 Å². The summed E-state index contributed by atoms with van der Waals surface area (Å²) in [7, 11) is 0. The van der Waals surface area contributed by atoms with Gasteiger partial charge in [-0.15, -0.1) is 22.7 Å². The van der Waals surface area contributed by atoms with E-state index in [4.69, 9.17) is 17.3 Å². The molecule has 3 N–H and O–H groups in total. The number of amides is 1. The number of nitrogens with zero attached hydrogens (tertiary/aromatic N) is 3. The number of nitrogens with two attached hydrogens (primary N) is 1. The van der Waals surface area contributed by atoms with E-state index in [2.05, 4.69) is 20.3 Å². The number of hydrogen-bond acceptors (Lipinski definition) is 7. The second-order valence-corrected chi connectivity index (χ2v) is 7.73. The topological polar surface area (TPSA) is 93.8 Å². The van der Waals surface area contributed by atoms with Crippen LogP contribution in [0.2, 0.25) is 5.02 Å². The third-order valence-electron chi connectivity index (χ3n) is 3.74. The number of hydrogen-bond donors (Lipinski definition) is 2. The maximum Gasteiger partial charge on any atom is 0.269 e. The largest absolute Gasteiger partial charge is 0.397 e. The van der Waals surface area contributed by atoms with Crippen LogP contribution in [0.5, 0.6) is 0 Å². The molecule has 1 aromatic carbocycles. The molecule has 0 atom stereocenters. The van der Waals surface area contributed by atoms with Crippen molar-refractivity contribution >= 4 is 61.2 Å². The van der Waals surface area contributed by atoms with Gasteiger partial charge in [0.25, 0.3) is 5.91 Å². The predicted molar refractivity (Wildman–Crippen MR) is 107 cm³/mol. The average molecular weight is 402 g/mol. The Bertz CT molecular complexity index is 1120. The number of aromatic nitrogens is 3. The van der Waals surface area contributed by atoms with Crippen molar-refractivity contribution < 1.29 is 4.79 Å². The molecule has 130 valence electrons. The number of carbonyl (C=O) groups is 1. The van der Waals surface area contributed by atoms with E-state index in [0.717, 1.165) is 5.56 Å². The lowest BCUT2D eigenvalue weighted by molar-refractivity contribution is 0.103. The van der Waals surface area contributed by atoms with Crippen LogP contribution in [0.4, 0.5) is 10.8 Å². The molecule has 0 radical (unpaired) electrons. The van der Waals surface area contributed by atoms with Crippen molar-refractivity contribution in [2.45, 2.75) is 6.92 Å². The molecule has 0 aliphatic rings. The minimum Gasteiger partial charge on any atom is -0.397 e. The summed E-state index contributed by atoms with van der Waals surface area (Å²) in [5.74, 6) is 0.202. The molecule has 1 amide bonds. The molecule has 0 fully saturated rings. The molecule has 3 heterocycles. The van der Waals surface area contributed by atoms with Crippen molar-refractivity contribution in [1.82, 2.24) is 15.0 Å². The molecule has 0 spiro atoms. The Morgan fingerprint density at radius 2 is 2.08 bits per heavy atom. The minimum atomic E-state index is -0.306. The quantitative estimate of drug-likeness (QED) is 0.522. The van der Waals surface area contributed by atoms with Crippen LogP contribution in [0.3, 0.4) is 0 Å². The zero-order chi connectivity index (χ0) is 18.3. The number of aryl methyl sites for hydroxylation is 1. The Hall–Kier alpha value is -2.55. The van der Waals surface area contributed by atoms with Crippen molar-refractivity contribution in [3.63, 3.8) is 0 Å². The van der Waals surface area contributed by atoms with Gasteiger partial charge in [-0.1, -0.05) is 23.7 Å². The highest BCUT2D eigenvalue weighted by atomic mass is 35.5. The number of benzene rings is 1. The van der Waals surface area contributed by atoms with E-state index in [1.165, 1.54) is 22.7 Å². The van der Waals surface area contributed by atoms with Crippen LogP contribution in [-0.2, 0) is 0 Å². The van der Waals surface area contributed by atoms with Crippen LogP contribution in [-0.4, -0.2) is 20.9 Å². The first-order valence-electron chi connectivity index (χ1n) is 7.57. The van der Waals surface area contributed by atoms with E-state index in [-0.39, 0.29) is 5.91 Å². The van der Waals surface area contributed by atoms with Crippen LogP contribution in [0, 0.1) is 6.92 Å². The maximum absolute atomic E-state index is 12.5. The molecular formula is C17H12ClN5OS2. The summed E-state index contributed by atoms with van der Waals surface area (Å²) in [5, 5.41) is 6.31. The summed E-state index contributed by atoms with van der Waals surface area (Å²) in [5.41, 5.74) is 8.03. The summed E-state index contributed by atoms with van der Waals surface area (Å²) < 4.78 is 0. The first kappa shape index (κ1) is 16.9. The Balaban J connectivity index is 1.81. The van der Waals surface area contributed by atoms with Crippen LogP contribution >= 0.6 is 34.3 Å². The molecule has 9 heteroatoms. The van der Waals surface area contributed by atoms with Crippen LogP contribution in [0.25, 0.3) is 21.6 Å². The van der Waals surface area contributed by atoms with Gasteiger partial charge in [0.2, 0.25) is 0 Å². The van der Waals surface area contributed by atoms with Crippen LogP contribution < -0.4 is 11.1 Å². The Kier molecular flexibility index (Phi) is 4.31. The summed E-state index contributed by atoms with van der Waals surface area (Å²) >= 11 is 8.83. The number of halogens is 1. The predicted octanol–water partition coefficient (Wildman–Crippen LogP) is 4.61. The normalized spacial score (nSPS) is 11.0. The fraction of sp³-hybridized carbons (Fsp3) is 0.0588. The van der Waals surface area contributed by atoms with Gasteiger partial charge in [0.05, 0.1) is 21.8 Å². The van der Waals surface area contributed by atoms with Gasteiger partial charge in [-0.05, 0) is 19.1 Å². The Morgan fingerprint density at radius 1 is 1.27 bits per heavy atom. The summed E-state index contributed by atoms with van der Waals surface area (Å²) in [4.78, 5) is 26.7. The lowest BCUT2D eigenvalue weighted by Crippen LogP contribution is -2.11. The number of nitrogens with one attached hydrogen (secondary N) is 1. The number of fused-ring (bicyclic) bond motifs is 1. The van der Waals surface area contributed by atoms with Crippen molar-refractivity contribution in [2.24, 2.45) is 0 Å². The molecule has 0 aliphatic heterocycles. The third-order valence-corrected chi connectivity index (χ3v) is 5.86. The SMILES string of the molecule is Cc1nc(-c2ccccc2Cl)nc2sc(C(=O)Nc3nccs3)c(N)c12. The van der Waals surface area contributed by atoms with Crippen LogP contribution in [0.15, 0.2) is 35.8 Å². The minimum absolute atomic E-state index is 0.306. The molecule has 0 saturated carbocycles. The van der Waals surface area contributed by atoms with Crippen molar-refractivity contribution in [3.05, 3.63) is 51.4 Å². The molecule has 4 aromatic rings. The van der Waals surface area contributed by atoms with Crippen molar-refractivity contribution in [1.29, 1.82) is 0 Å². The second-order valence-electron chi connectivity index (χ2n) is 5.43. The van der Waals surface area contributed by atoms with Gasteiger partial charge in [-0.25, -0.2) is 15.0 Å². The number of anilines is 2. The molecule has 6 nitrogen and oxygen atoms in total. The monoisotopic (exact) mass is 401 g/mol. The zero-order valence-corrected chi connectivity index (χ0v) is 15.9. The third kappa shape index (κ3) is 2.92. The van der Waals surface area contributed by atoms with Gasteiger partial charge in [0.1, 0.15) is 9.71 Å². The Morgan fingerprint density at radius 3 is 2.81 bits per heavy atom. The van der Waals surface area contributed by atoms with E-state index >= 15 is 0 Å². The first-order chi connectivity index (χ1) is 12.5. The molecule has 4 rings (SSSR count). The average Bonchev–Trinajstić information content (AvgIpc) is 3.23. The Labute approximate surface area is 161 Å². The molecule has 0 saturated heterocycles. The smallest absolute Gasteiger partial charge is 0.269 e. The van der Waals surface area contributed by atoms with Crippen molar-refractivity contribution in [2.75, 3.05) is 11.1 Å². The van der Waals surface area contributed by atoms with E-state index in [1.807, 2.05) is 25.1 Å². The maximum atomic E-state index is 12.5. The standard InChI is InChI=1S/C17H12ClN5OS2/c1-8-11-12(19)13(15(24)23-17-20-6-7-25-17)26-16(11)22-14(21-8)9-4-2-3-5-10(9)18/h2-7H,19H2,1H3,(H,20,23,24). The summed E-state index contributed by atoms with van der Waals surface area (Å²) in [6, 6.07) is 7.37. The lowest BCUT2D eigenvalue weighted by Gasteiger charge is -2.05. The van der Waals surface area contributed by atoms with Crippen molar-refractivity contribution in [3.8, 4) is 11.4 Å². The molecule has 0 aliphatic carbocycles. The van der Waals surface area contributed by atoms with Gasteiger partial charge < -0.3 is 5.73 Å². The lowest BCUT2D eigenvalue weighted by atomic mass is 10.2.